The number of fused-ring (bicyclic) bond motifs is 3. The largest absolute Gasteiger partial charge is 0.380 e. The first-order chi connectivity index (χ1) is 13.8. The molecule has 0 saturated heterocycles. The lowest BCUT2D eigenvalue weighted by atomic mass is 9.97. The lowest BCUT2D eigenvalue weighted by Crippen LogP contribution is -2.25. The monoisotopic (exact) mass is 413 g/mol. The van der Waals surface area contributed by atoms with Crippen LogP contribution in [0.3, 0.4) is 0 Å². The number of hydrogen-bond acceptors (Lipinski definition) is 6. The van der Waals surface area contributed by atoms with Crippen LogP contribution in [0.15, 0.2) is 35.6 Å². The van der Waals surface area contributed by atoms with E-state index in [1.807, 2.05) is 24.3 Å². The second-order valence-corrected chi connectivity index (χ2v) is 8.88. The second-order valence-electron chi connectivity index (χ2n) is 6.84. The first-order valence-corrected chi connectivity index (χ1v) is 11.3. The number of carbonyl (C=O) groups excluding carboxylic acids is 1. The van der Waals surface area contributed by atoms with Gasteiger partial charge >= 0.3 is 0 Å². The molecule has 0 spiro atoms. The molecule has 1 N–H and O–H groups in total. The molecule has 2 heterocycles. The number of ether oxygens (including phenoxy) is 1. The van der Waals surface area contributed by atoms with Gasteiger partial charge in [0.15, 0.2) is 0 Å². The summed E-state index contributed by atoms with van der Waals surface area (Å²) < 4.78 is 5.23. The highest BCUT2D eigenvalue weighted by Crippen LogP contribution is 2.39. The van der Waals surface area contributed by atoms with E-state index in [0.717, 1.165) is 33.8 Å². The number of aromatic nitrogens is 2. The van der Waals surface area contributed by atoms with Crippen LogP contribution < -0.4 is 5.32 Å². The Morgan fingerprint density at radius 2 is 2.04 bits per heavy atom. The molecule has 0 saturated carbocycles. The van der Waals surface area contributed by atoms with Crippen LogP contribution in [-0.2, 0) is 35.5 Å². The quantitative estimate of drug-likeness (QED) is 0.466. The molecule has 0 fully saturated rings. The maximum absolute atomic E-state index is 12.4. The molecule has 1 aliphatic carbocycles. The molecule has 1 amide bonds. The summed E-state index contributed by atoms with van der Waals surface area (Å²) in [4.78, 5) is 23.9. The Hall–Kier alpha value is -1.96. The van der Waals surface area contributed by atoms with Gasteiger partial charge in [0.2, 0.25) is 5.91 Å². The highest BCUT2D eigenvalue weighted by atomic mass is 32.2. The van der Waals surface area contributed by atoms with Crippen molar-refractivity contribution in [2.45, 2.75) is 43.9 Å². The van der Waals surface area contributed by atoms with Crippen LogP contribution in [-0.4, -0.2) is 28.7 Å². The molecule has 7 heteroatoms. The number of thiophene rings is 1. The first-order valence-electron chi connectivity index (χ1n) is 9.46. The van der Waals surface area contributed by atoms with Gasteiger partial charge in [-0.1, -0.05) is 36.0 Å². The summed E-state index contributed by atoms with van der Waals surface area (Å²) in [5.41, 5.74) is 3.59. The fourth-order valence-corrected chi connectivity index (χ4v) is 5.72. The maximum atomic E-state index is 12.4. The third-order valence-electron chi connectivity index (χ3n) is 4.95. The van der Waals surface area contributed by atoms with Crippen LogP contribution in [0.25, 0.3) is 10.2 Å². The third kappa shape index (κ3) is 4.21. The summed E-state index contributed by atoms with van der Waals surface area (Å²) in [5.74, 6) is 0.358. The molecular weight excluding hydrogens is 390 g/mol. The lowest BCUT2D eigenvalue weighted by molar-refractivity contribution is -0.118. The molecule has 0 atom stereocenters. The van der Waals surface area contributed by atoms with Gasteiger partial charge in [0.1, 0.15) is 16.2 Å². The first kappa shape index (κ1) is 19.4. The van der Waals surface area contributed by atoms with Gasteiger partial charge < -0.3 is 10.1 Å². The van der Waals surface area contributed by atoms with Crippen LogP contribution in [0.1, 0.15) is 34.4 Å². The summed E-state index contributed by atoms with van der Waals surface area (Å²) in [7, 11) is 1.68. The number of carbonyl (C=O) groups is 1. The smallest absolute Gasteiger partial charge is 0.230 e. The molecule has 28 heavy (non-hydrogen) atoms. The average molecular weight is 414 g/mol. The summed E-state index contributed by atoms with van der Waals surface area (Å²) in [6.07, 6.45) is 6.33. The van der Waals surface area contributed by atoms with Gasteiger partial charge in [0.05, 0.1) is 12.4 Å². The Bertz CT molecular complexity index is 987. The number of amides is 1. The molecule has 3 aromatic rings. The molecule has 2 aromatic heterocycles. The molecule has 1 aromatic carbocycles. The summed E-state index contributed by atoms with van der Waals surface area (Å²) in [6.45, 7) is 1.05. The van der Waals surface area contributed by atoms with Gasteiger partial charge in [-0.3, -0.25) is 4.79 Å². The fourth-order valence-electron chi connectivity index (χ4n) is 3.58. The molecular formula is C21H23N3O2S2. The van der Waals surface area contributed by atoms with Crippen molar-refractivity contribution in [3.05, 3.63) is 52.2 Å². The van der Waals surface area contributed by atoms with E-state index in [0.29, 0.717) is 18.9 Å². The molecule has 4 rings (SSSR count). The standard InChI is InChI=1S/C21H23N3O2S2/c1-26-11-15-7-3-2-6-14(15)10-22-18(25)12-27-20-19-16-8-4-5-9-17(16)28-21(19)24-13-23-20/h2-3,6-7,13H,4-5,8-12H2,1H3,(H,22,25). The van der Waals surface area contributed by atoms with Gasteiger partial charge in [0, 0.05) is 23.9 Å². The van der Waals surface area contributed by atoms with Crippen molar-refractivity contribution in [1.82, 2.24) is 15.3 Å². The lowest BCUT2D eigenvalue weighted by Gasteiger charge is -2.12. The molecule has 1 aliphatic rings. The predicted octanol–water partition coefficient (Wildman–Crippen LogP) is 4.13. The normalized spacial score (nSPS) is 13.5. The molecule has 0 unspecified atom stereocenters. The summed E-state index contributed by atoms with van der Waals surface area (Å²) in [6, 6.07) is 8.01. The summed E-state index contributed by atoms with van der Waals surface area (Å²) >= 11 is 3.29. The van der Waals surface area contributed by atoms with Gasteiger partial charge in [-0.15, -0.1) is 11.3 Å². The number of methoxy groups -OCH3 is 1. The Labute approximate surface area is 172 Å². The van der Waals surface area contributed by atoms with Crippen molar-refractivity contribution in [2.24, 2.45) is 0 Å². The van der Waals surface area contributed by atoms with Crippen molar-refractivity contribution in [3.63, 3.8) is 0 Å². The highest BCUT2D eigenvalue weighted by Gasteiger charge is 2.20. The number of nitrogens with zero attached hydrogens (tertiary/aromatic N) is 2. The number of nitrogens with one attached hydrogen (secondary N) is 1. The SMILES string of the molecule is COCc1ccccc1CNC(=O)CSc1ncnc2sc3c(c12)CCCC3. The minimum Gasteiger partial charge on any atom is -0.380 e. The Balaban J connectivity index is 1.41. The topological polar surface area (TPSA) is 64.1 Å². The van der Waals surface area contributed by atoms with Crippen LogP contribution in [0, 0.1) is 0 Å². The number of aryl methyl sites for hydroxylation is 2. The number of benzene rings is 1. The van der Waals surface area contributed by atoms with Crippen molar-refractivity contribution < 1.29 is 9.53 Å². The zero-order chi connectivity index (χ0) is 19.3. The second kappa shape index (κ2) is 9.03. The maximum Gasteiger partial charge on any atom is 0.230 e. The Morgan fingerprint density at radius 1 is 1.21 bits per heavy atom. The fraction of sp³-hybridized carbons (Fsp3) is 0.381. The van der Waals surface area contributed by atoms with Gasteiger partial charge in [-0.2, -0.15) is 0 Å². The van der Waals surface area contributed by atoms with E-state index in [-0.39, 0.29) is 5.91 Å². The van der Waals surface area contributed by atoms with E-state index in [1.54, 1.807) is 24.8 Å². The minimum absolute atomic E-state index is 0.00748. The Morgan fingerprint density at radius 3 is 2.89 bits per heavy atom. The zero-order valence-corrected chi connectivity index (χ0v) is 17.5. The molecule has 0 bridgehead atoms. The van der Waals surface area contributed by atoms with E-state index in [9.17, 15) is 4.79 Å². The molecule has 0 radical (unpaired) electrons. The third-order valence-corrected chi connectivity index (χ3v) is 7.14. The van der Waals surface area contributed by atoms with Crippen molar-refractivity contribution >= 4 is 39.2 Å². The van der Waals surface area contributed by atoms with Crippen LogP contribution in [0.5, 0.6) is 0 Å². The number of thioether (sulfide) groups is 1. The number of hydrogen-bond donors (Lipinski definition) is 1. The minimum atomic E-state index is 0.00748. The predicted molar refractivity (Wildman–Crippen MR) is 114 cm³/mol. The Kier molecular flexibility index (Phi) is 6.24. The number of rotatable bonds is 7. The van der Waals surface area contributed by atoms with Crippen molar-refractivity contribution in [1.29, 1.82) is 0 Å². The van der Waals surface area contributed by atoms with Crippen LogP contribution in [0.4, 0.5) is 0 Å². The highest BCUT2D eigenvalue weighted by molar-refractivity contribution is 8.00. The van der Waals surface area contributed by atoms with Gasteiger partial charge in [0.25, 0.3) is 0 Å². The van der Waals surface area contributed by atoms with Crippen molar-refractivity contribution in [2.75, 3.05) is 12.9 Å². The molecule has 146 valence electrons. The van der Waals surface area contributed by atoms with Gasteiger partial charge in [-0.25, -0.2) is 9.97 Å². The van der Waals surface area contributed by atoms with E-state index in [2.05, 4.69) is 15.3 Å². The van der Waals surface area contributed by atoms with E-state index in [1.165, 1.54) is 40.4 Å². The zero-order valence-electron chi connectivity index (χ0n) is 15.9. The van der Waals surface area contributed by atoms with E-state index >= 15 is 0 Å². The van der Waals surface area contributed by atoms with Gasteiger partial charge in [-0.05, 0) is 42.4 Å². The van der Waals surface area contributed by atoms with Crippen LogP contribution in [0.2, 0.25) is 0 Å². The van der Waals surface area contributed by atoms with Crippen LogP contribution >= 0.6 is 23.1 Å². The molecule has 0 aliphatic heterocycles. The van der Waals surface area contributed by atoms with E-state index < -0.39 is 0 Å². The van der Waals surface area contributed by atoms with E-state index in [4.69, 9.17) is 4.74 Å². The summed E-state index contributed by atoms with van der Waals surface area (Å²) in [5, 5.41) is 5.12. The molecule has 5 nitrogen and oxygen atoms in total. The average Bonchev–Trinajstić information content (AvgIpc) is 3.11. The van der Waals surface area contributed by atoms with Crippen molar-refractivity contribution in [3.8, 4) is 0 Å².